The number of anilines is 1. The van der Waals surface area contributed by atoms with E-state index in [9.17, 15) is 8.42 Å². The van der Waals surface area contributed by atoms with Crippen molar-refractivity contribution in [3.63, 3.8) is 0 Å². The zero-order chi connectivity index (χ0) is 21.7. The molecule has 1 fully saturated rings. The van der Waals surface area contributed by atoms with Crippen molar-refractivity contribution in [2.75, 3.05) is 58.4 Å². The third kappa shape index (κ3) is 5.06. The molecule has 0 unspecified atom stereocenters. The average molecular weight is 434 g/mol. The molecule has 0 bridgehead atoms. The third-order valence-corrected chi connectivity index (χ3v) is 6.91. The number of benzene rings is 2. The molecular weight excluding hydrogens is 402 g/mol. The highest BCUT2D eigenvalue weighted by Crippen LogP contribution is 2.28. The fourth-order valence-corrected chi connectivity index (χ4v) is 5.10. The maximum Gasteiger partial charge on any atom is 0.240 e. The van der Waals surface area contributed by atoms with Gasteiger partial charge in [0.2, 0.25) is 10.0 Å². The summed E-state index contributed by atoms with van der Waals surface area (Å²) in [5, 5.41) is 0. The lowest BCUT2D eigenvalue weighted by atomic mass is 10.1. The van der Waals surface area contributed by atoms with Crippen LogP contribution in [0.4, 0.5) is 5.69 Å². The number of piperazine rings is 1. The first-order valence-corrected chi connectivity index (χ1v) is 11.6. The van der Waals surface area contributed by atoms with Crippen molar-refractivity contribution < 1.29 is 17.9 Å². The molecule has 3 rings (SSSR count). The van der Waals surface area contributed by atoms with Gasteiger partial charge >= 0.3 is 0 Å². The Bertz CT molecular complexity index is 947. The molecule has 0 aliphatic carbocycles. The van der Waals surface area contributed by atoms with Crippen molar-refractivity contribution in [1.29, 1.82) is 0 Å². The molecule has 30 heavy (non-hydrogen) atoms. The van der Waals surface area contributed by atoms with Gasteiger partial charge in [0, 0.05) is 39.3 Å². The molecule has 0 spiro atoms. The van der Waals surface area contributed by atoms with Gasteiger partial charge < -0.3 is 14.4 Å². The molecule has 0 radical (unpaired) electrons. The Balaban J connectivity index is 1.53. The fraction of sp³-hybridized carbons (Fsp3) is 0.455. The Morgan fingerprint density at radius 1 is 0.967 bits per heavy atom. The van der Waals surface area contributed by atoms with E-state index in [0.717, 1.165) is 54.5 Å². The smallest absolute Gasteiger partial charge is 0.240 e. The molecule has 1 N–H and O–H groups in total. The Labute approximate surface area is 179 Å². The molecule has 1 aliphatic rings. The summed E-state index contributed by atoms with van der Waals surface area (Å²) in [5.74, 6) is 1.60. The van der Waals surface area contributed by atoms with Gasteiger partial charge in [-0.25, -0.2) is 13.1 Å². The molecule has 7 nitrogen and oxygen atoms in total. The highest BCUT2D eigenvalue weighted by atomic mass is 32.2. The minimum atomic E-state index is -3.55. The Morgan fingerprint density at radius 3 is 2.20 bits per heavy atom. The summed E-state index contributed by atoms with van der Waals surface area (Å²) in [6.07, 6.45) is 0. The predicted molar refractivity (Wildman–Crippen MR) is 119 cm³/mol. The number of rotatable bonds is 8. The van der Waals surface area contributed by atoms with Gasteiger partial charge in [-0.3, -0.25) is 4.90 Å². The molecule has 8 heteroatoms. The van der Waals surface area contributed by atoms with E-state index < -0.39 is 10.0 Å². The SMILES string of the molecule is COc1ccccc1N1CCN(CCNS(=O)(=O)c2cc(C)c(OC)c(C)c2)CC1. The number of hydrogen-bond donors (Lipinski definition) is 1. The summed E-state index contributed by atoms with van der Waals surface area (Å²) in [6.45, 7) is 8.27. The van der Waals surface area contributed by atoms with Crippen molar-refractivity contribution in [2.45, 2.75) is 18.7 Å². The van der Waals surface area contributed by atoms with Crippen LogP contribution >= 0.6 is 0 Å². The van der Waals surface area contributed by atoms with Crippen molar-refractivity contribution >= 4 is 15.7 Å². The quantitative estimate of drug-likeness (QED) is 0.690. The van der Waals surface area contributed by atoms with E-state index in [1.54, 1.807) is 26.4 Å². The van der Waals surface area contributed by atoms with Gasteiger partial charge in [0.05, 0.1) is 24.8 Å². The fourth-order valence-electron chi connectivity index (χ4n) is 3.91. The maximum atomic E-state index is 12.7. The van der Waals surface area contributed by atoms with Gasteiger partial charge in [0.15, 0.2) is 0 Å². The lowest BCUT2D eigenvalue weighted by Crippen LogP contribution is -2.48. The van der Waals surface area contributed by atoms with Crippen LogP contribution in [0.3, 0.4) is 0 Å². The summed E-state index contributed by atoms with van der Waals surface area (Å²) in [6, 6.07) is 11.3. The average Bonchev–Trinajstić information content (AvgIpc) is 2.74. The number of aryl methyl sites for hydroxylation is 2. The highest BCUT2D eigenvalue weighted by molar-refractivity contribution is 7.89. The van der Waals surface area contributed by atoms with Gasteiger partial charge in [-0.05, 0) is 49.2 Å². The van der Waals surface area contributed by atoms with E-state index in [1.165, 1.54) is 0 Å². The summed E-state index contributed by atoms with van der Waals surface area (Å²) in [4.78, 5) is 4.86. The van der Waals surface area contributed by atoms with E-state index in [2.05, 4.69) is 20.6 Å². The number of ether oxygens (including phenoxy) is 2. The number of para-hydroxylation sites is 2. The minimum absolute atomic E-state index is 0.277. The first-order chi connectivity index (χ1) is 14.4. The van der Waals surface area contributed by atoms with Gasteiger partial charge in [-0.2, -0.15) is 0 Å². The van der Waals surface area contributed by atoms with Crippen LogP contribution in [0.15, 0.2) is 41.3 Å². The van der Waals surface area contributed by atoms with E-state index in [0.29, 0.717) is 13.1 Å². The van der Waals surface area contributed by atoms with Crippen molar-refractivity contribution in [3.8, 4) is 11.5 Å². The first-order valence-electron chi connectivity index (χ1n) is 10.1. The first kappa shape index (κ1) is 22.4. The van der Waals surface area contributed by atoms with Crippen LogP contribution in [0.1, 0.15) is 11.1 Å². The van der Waals surface area contributed by atoms with Crippen LogP contribution in [0, 0.1) is 13.8 Å². The summed E-state index contributed by atoms with van der Waals surface area (Å²) >= 11 is 0. The predicted octanol–water partition coefficient (Wildman–Crippen LogP) is 2.42. The zero-order valence-electron chi connectivity index (χ0n) is 18.1. The summed E-state index contributed by atoms with van der Waals surface area (Å²) < 4.78 is 38.9. The third-order valence-electron chi connectivity index (χ3n) is 5.47. The van der Waals surface area contributed by atoms with Crippen LogP contribution in [-0.4, -0.2) is 66.8 Å². The van der Waals surface area contributed by atoms with E-state index >= 15 is 0 Å². The molecule has 0 aromatic heterocycles. The Morgan fingerprint density at radius 2 is 1.60 bits per heavy atom. The van der Waals surface area contributed by atoms with Crippen LogP contribution in [0.2, 0.25) is 0 Å². The normalized spacial score (nSPS) is 15.3. The van der Waals surface area contributed by atoms with Crippen molar-refractivity contribution in [3.05, 3.63) is 47.5 Å². The molecule has 0 amide bonds. The molecule has 0 atom stereocenters. The standard InChI is InChI=1S/C22H31N3O4S/c1-17-15-19(16-18(2)22(17)29-4)30(26,27)23-9-10-24-11-13-25(14-12-24)20-7-5-6-8-21(20)28-3/h5-8,15-16,23H,9-14H2,1-4H3. The molecule has 1 heterocycles. The molecule has 1 saturated heterocycles. The molecule has 164 valence electrons. The summed E-state index contributed by atoms with van der Waals surface area (Å²) in [5.41, 5.74) is 2.72. The van der Waals surface area contributed by atoms with Crippen LogP contribution in [0.5, 0.6) is 11.5 Å². The number of nitrogens with one attached hydrogen (secondary N) is 1. The van der Waals surface area contributed by atoms with Crippen molar-refractivity contribution in [1.82, 2.24) is 9.62 Å². The highest BCUT2D eigenvalue weighted by Gasteiger charge is 2.21. The summed E-state index contributed by atoms with van der Waals surface area (Å²) in [7, 11) is -0.273. The van der Waals surface area contributed by atoms with Crippen LogP contribution < -0.4 is 19.1 Å². The van der Waals surface area contributed by atoms with Gasteiger partial charge in [0.25, 0.3) is 0 Å². The van der Waals surface area contributed by atoms with E-state index in [-0.39, 0.29) is 4.90 Å². The molecule has 1 aliphatic heterocycles. The van der Waals surface area contributed by atoms with E-state index in [1.807, 2.05) is 32.0 Å². The van der Waals surface area contributed by atoms with E-state index in [4.69, 9.17) is 9.47 Å². The largest absolute Gasteiger partial charge is 0.496 e. The van der Waals surface area contributed by atoms with Crippen molar-refractivity contribution in [2.24, 2.45) is 0 Å². The zero-order valence-corrected chi connectivity index (χ0v) is 19.0. The van der Waals surface area contributed by atoms with Crippen LogP contribution in [0.25, 0.3) is 0 Å². The molecule has 0 saturated carbocycles. The number of hydrogen-bond acceptors (Lipinski definition) is 6. The molecule has 2 aromatic carbocycles. The van der Waals surface area contributed by atoms with Gasteiger partial charge in [-0.1, -0.05) is 12.1 Å². The second-order valence-corrected chi connectivity index (χ2v) is 9.26. The second-order valence-electron chi connectivity index (χ2n) is 7.49. The molecule has 2 aromatic rings. The monoisotopic (exact) mass is 433 g/mol. The number of methoxy groups -OCH3 is 2. The number of nitrogens with zero attached hydrogens (tertiary/aromatic N) is 2. The molecular formula is C22H31N3O4S. The maximum absolute atomic E-state index is 12.7. The van der Waals surface area contributed by atoms with Crippen LogP contribution in [-0.2, 0) is 10.0 Å². The second kappa shape index (κ2) is 9.68. The van der Waals surface area contributed by atoms with Gasteiger partial charge in [0.1, 0.15) is 11.5 Å². The lowest BCUT2D eigenvalue weighted by Gasteiger charge is -2.36. The number of sulfonamides is 1. The lowest BCUT2D eigenvalue weighted by molar-refractivity contribution is 0.261. The topological polar surface area (TPSA) is 71.1 Å². The minimum Gasteiger partial charge on any atom is -0.496 e. The Hall–Kier alpha value is -2.29. The Kier molecular flexibility index (Phi) is 7.23. The van der Waals surface area contributed by atoms with Gasteiger partial charge in [-0.15, -0.1) is 0 Å².